The summed E-state index contributed by atoms with van der Waals surface area (Å²) in [7, 11) is -0.526. The van der Waals surface area contributed by atoms with Crippen LogP contribution in [-0.2, 0) is 6.42 Å². The van der Waals surface area contributed by atoms with Gasteiger partial charge in [-0.05, 0) is 39.5 Å². The Balaban J connectivity index is 2.17. The predicted molar refractivity (Wildman–Crippen MR) is 78.2 cm³/mol. The standard InChI is InChI=1S/C13H20BrNSi/c1-3-16(4-2)11-8-10-6-5-7-12(14)13(10)15-9-11/h5-7,11,15-16H,3-4,8-9H2,1-2H3/t11-/m1/s1. The lowest BCUT2D eigenvalue weighted by Gasteiger charge is -2.31. The molecule has 1 atom stereocenters. The molecule has 0 aliphatic carbocycles. The molecule has 0 saturated heterocycles. The van der Waals surface area contributed by atoms with Crippen molar-refractivity contribution >= 4 is 30.4 Å². The molecule has 1 heterocycles. The highest BCUT2D eigenvalue weighted by Gasteiger charge is 2.25. The van der Waals surface area contributed by atoms with Gasteiger partial charge in [0.15, 0.2) is 0 Å². The molecule has 0 aromatic heterocycles. The Morgan fingerprint density at radius 2 is 2.12 bits per heavy atom. The monoisotopic (exact) mass is 297 g/mol. The van der Waals surface area contributed by atoms with Crippen molar-refractivity contribution in [2.45, 2.75) is 37.9 Å². The van der Waals surface area contributed by atoms with Gasteiger partial charge in [0, 0.05) is 19.8 Å². The Morgan fingerprint density at radius 3 is 2.81 bits per heavy atom. The highest BCUT2D eigenvalue weighted by Crippen LogP contribution is 2.35. The molecule has 1 aliphatic heterocycles. The third kappa shape index (κ3) is 2.35. The first-order chi connectivity index (χ1) is 7.76. The van der Waals surface area contributed by atoms with E-state index < -0.39 is 8.80 Å². The Hall–Kier alpha value is -0.283. The fourth-order valence-electron chi connectivity index (χ4n) is 2.81. The van der Waals surface area contributed by atoms with Gasteiger partial charge in [-0.3, -0.25) is 0 Å². The van der Waals surface area contributed by atoms with Gasteiger partial charge in [-0.1, -0.05) is 38.1 Å². The molecule has 2 rings (SSSR count). The van der Waals surface area contributed by atoms with Gasteiger partial charge < -0.3 is 5.32 Å². The van der Waals surface area contributed by atoms with Crippen LogP contribution in [0.1, 0.15) is 19.4 Å². The molecule has 1 aromatic carbocycles. The van der Waals surface area contributed by atoms with Gasteiger partial charge in [-0.2, -0.15) is 0 Å². The molecule has 1 aliphatic rings. The molecule has 3 heteroatoms. The summed E-state index contributed by atoms with van der Waals surface area (Å²) in [5.74, 6) is 0. The Kier molecular flexibility index (Phi) is 4.09. The molecule has 88 valence electrons. The topological polar surface area (TPSA) is 12.0 Å². The SMILES string of the molecule is CC[SiH](CC)[C@H]1CNc2c(Br)cccc2C1. The molecule has 1 nitrogen and oxygen atoms in total. The van der Waals surface area contributed by atoms with Gasteiger partial charge in [0.1, 0.15) is 0 Å². The van der Waals surface area contributed by atoms with Gasteiger partial charge in [0.05, 0.1) is 5.69 Å². The summed E-state index contributed by atoms with van der Waals surface area (Å²) in [6.07, 6.45) is 1.29. The normalized spacial score (nSPS) is 19.4. The summed E-state index contributed by atoms with van der Waals surface area (Å²) >= 11 is 3.62. The molecule has 0 saturated carbocycles. The van der Waals surface area contributed by atoms with Gasteiger partial charge in [0.2, 0.25) is 0 Å². The highest BCUT2D eigenvalue weighted by atomic mass is 79.9. The Labute approximate surface area is 108 Å². The molecule has 0 unspecified atom stereocenters. The van der Waals surface area contributed by atoms with Crippen LogP contribution in [-0.4, -0.2) is 15.3 Å². The first-order valence-electron chi connectivity index (χ1n) is 6.27. The molecule has 16 heavy (non-hydrogen) atoms. The minimum Gasteiger partial charge on any atom is -0.384 e. The largest absolute Gasteiger partial charge is 0.384 e. The maximum absolute atomic E-state index is 3.62. The summed E-state index contributed by atoms with van der Waals surface area (Å²) < 4.78 is 1.22. The average molecular weight is 298 g/mol. The van der Waals surface area contributed by atoms with Crippen LogP contribution >= 0.6 is 15.9 Å². The summed E-state index contributed by atoms with van der Waals surface area (Å²) in [6, 6.07) is 9.43. The van der Waals surface area contributed by atoms with Gasteiger partial charge in [-0.15, -0.1) is 0 Å². The molecule has 0 fully saturated rings. The number of nitrogens with one attached hydrogen (secondary N) is 1. The number of halogens is 1. The van der Waals surface area contributed by atoms with Crippen molar-refractivity contribution in [2.24, 2.45) is 0 Å². The van der Waals surface area contributed by atoms with Crippen LogP contribution in [0.5, 0.6) is 0 Å². The molecular formula is C13H20BrNSi. The molecule has 1 aromatic rings. The molecule has 0 radical (unpaired) electrons. The summed E-state index contributed by atoms with van der Waals surface area (Å²) in [4.78, 5) is 0. The van der Waals surface area contributed by atoms with E-state index in [0.29, 0.717) is 0 Å². The molecule has 0 bridgehead atoms. The van der Waals surface area contributed by atoms with Gasteiger partial charge in [-0.25, -0.2) is 0 Å². The zero-order valence-electron chi connectivity index (χ0n) is 10.1. The lowest BCUT2D eigenvalue weighted by molar-refractivity contribution is 0.795. The maximum Gasteiger partial charge on any atom is 0.0517 e. The quantitative estimate of drug-likeness (QED) is 0.830. The van der Waals surface area contributed by atoms with Crippen LogP contribution in [0, 0.1) is 0 Å². The minimum atomic E-state index is -0.526. The van der Waals surface area contributed by atoms with E-state index in [2.05, 4.69) is 53.3 Å². The van der Waals surface area contributed by atoms with E-state index in [1.807, 2.05) is 0 Å². The molecule has 1 N–H and O–H groups in total. The van der Waals surface area contributed by atoms with Crippen molar-refractivity contribution in [3.05, 3.63) is 28.2 Å². The number of para-hydroxylation sites is 1. The van der Waals surface area contributed by atoms with Crippen molar-refractivity contribution < 1.29 is 0 Å². The van der Waals surface area contributed by atoms with E-state index in [9.17, 15) is 0 Å². The lowest BCUT2D eigenvalue weighted by atomic mass is 10.0. The first-order valence-corrected chi connectivity index (χ1v) is 9.36. The second kappa shape index (κ2) is 5.37. The van der Waals surface area contributed by atoms with E-state index in [1.165, 1.54) is 40.8 Å². The number of anilines is 1. The van der Waals surface area contributed by atoms with Crippen molar-refractivity contribution in [3.63, 3.8) is 0 Å². The zero-order valence-corrected chi connectivity index (χ0v) is 12.8. The molecule has 0 amide bonds. The number of fused-ring (bicyclic) bond motifs is 1. The Morgan fingerprint density at radius 1 is 1.38 bits per heavy atom. The summed E-state index contributed by atoms with van der Waals surface area (Å²) in [5, 5.41) is 3.62. The third-order valence-electron chi connectivity index (χ3n) is 3.84. The molecular weight excluding hydrogens is 278 g/mol. The maximum atomic E-state index is 3.62. The van der Waals surface area contributed by atoms with Crippen LogP contribution in [0.15, 0.2) is 22.7 Å². The van der Waals surface area contributed by atoms with Crippen LogP contribution in [0.2, 0.25) is 17.6 Å². The lowest BCUT2D eigenvalue weighted by Crippen LogP contribution is -2.30. The highest BCUT2D eigenvalue weighted by molar-refractivity contribution is 9.10. The van der Waals surface area contributed by atoms with Crippen LogP contribution < -0.4 is 5.32 Å². The van der Waals surface area contributed by atoms with Crippen molar-refractivity contribution in [3.8, 4) is 0 Å². The fraction of sp³-hybridized carbons (Fsp3) is 0.538. The first kappa shape index (κ1) is 12.2. The van der Waals surface area contributed by atoms with E-state index >= 15 is 0 Å². The van der Waals surface area contributed by atoms with Crippen molar-refractivity contribution in [1.29, 1.82) is 0 Å². The second-order valence-electron chi connectivity index (χ2n) is 4.70. The molecule has 0 spiro atoms. The predicted octanol–water partition coefficient (Wildman–Crippen LogP) is 4.05. The summed E-state index contributed by atoms with van der Waals surface area (Å²) in [6.45, 7) is 5.93. The van der Waals surface area contributed by atoms with Crippen LogP contribution in [0.25, 0.3) is 0 Å². The number of rotatable bonds is 3. The third-order valence-corrected chi connectivity index (χ3v) is 8.40. The van der Waals surface area contributed by atoms with E-state index in [1.54, 1.807) is 0 Å². The second-order valence-corrected chi connectivity index (χ2v) is 9.65. The number of hydrogen-bond donors (Lipinski definition) is 1. The number of hydrogen-bond acceptors (Lipinski definition) is 1. The van der Waals surface area contributed by atoms with Crippen molar-refractivity contribution in [1.82, 2.24) is 0 Å². The van der Waals surface area contributed by atoms with Crippen LogP contribution in [0.4, 0.5) is 5.69 Å². The van der Waals surface area contributed by atoms with E-state index in [-0.39, 0.29) is 0 Å². The van der Waals surface area contributed by atoms with Gasteiger partial charge >= 0.3 is 0 Å². The van der Waals surface area contributed by atoms with E-state index in [4.69, 9.17) is 0 Å². The minimum absolute atomic E-state index is 0.526. The van der Waals surface area contributed by atoms with Crippen LogP contribution in [0.3, 0.4) is 0 Å². The van der Waals surface area contributed by atoms with E-state index in [0.717, 1.165) is 5.54 Å². The Bertz CT molecular complexity index is 363. The van der Waals surface area contributed by atoms with Gasteiger partial charge in [0.25, 0.3) is 0 Å². The average Bonchev–Trinajstić information content (AvgIpc) is 2.31. The fourth-order valence-corrected chi connectivity index (χ4v) is 6.31. The zero-order chi connectivity index (χ0) is 11.5. The summed E-state index contributed by atoms with van der Waals surface area (Å²) in [5.41, 5.74) is 3.78. The van der Waals surface area contributed by atoms with Crippen molar-refractivity contribution in [2.75, 3.05) is 11.9 Å². The smallest absolute Gasteiger partial charge is 0.0517 e. The number of benzene rings is 1.